The molecule has 1 aliphatic rings. The number of hydrogen-bond acceptors (Lipinski definition) is 2. The number of nitrogens with one attached hydrogen (secondary N) is 1. The van der Waals surface area contributed by atoms with Gasteiger partial charge in [0.1, 0.15) is 5.82 Å². The van der Waals surface area contributed by atoms with Gasteiger partial charge in [-0.3, -0.25) is 4.79 Å². The summed E-state index contributed by atoms with van der Waals surface area (Å²) < 4.78 is 18.2. The van der Waals surface area contributed by atoms with Gasteiger partial charge in [0.05, 0.1) is 0 Å². The number of ether oxygens (including phenoxy) is 1. The number of rotatable bonds is 4. The number of benzene rings is 1. The first kappa shape index (κ1) is 13.0. The smallest absolute Gasteiger partial charge is 0.223 e. The van der Waals surface area contributed by atoms with Crippen LogP contribution in [0.3, 0.4) is 0 Å². The summed E-state index contributed by atoms with van der Waals surface area (Å²) in [5, 5.41) is 2.90. The lowest BCUT2D eigenvalue weighted by Crippen LogP contribution is -2.35. The van der Waals surface area contributed by atoms with Crippen LogP contribution in [0.15, 0.2) is 24.3 Å². The van der Waals surface area contributed by atoms with Crippen molar-refractivity contribution in [2.75, 3.05) is 19.8 Å². The molecule has 98 valence electrons. The van der Waals surface area contributed by atoms with E-state index in [1.54, 1.807) is 6.07 Å². The van der Waals surface area contributed by atoms with Gasteiger partial charge in [-0.1, -0.05) is 12.1 Å². The molecule has 1 aliphatic heterocycles. The normalized spacial score (nSPS) is 16.5. The molecule has 1 aromatic carbocycles. The molecule has 1 heterocycles. The van der Waals surface area contributed by atoms with Gasteiger partial charge in [-0.25, -0.2) is 4.39 Å². The number of carbonyl (C=O) groups is 1. The van der Waals surface area contributed by atoms with Gasteiger partial charge in [-0.2, -0.15) is 0 Å². The molecule has 1 fully saturated rings. The van der Waals surface area contributed by atoms with E-state index < -0.39 is 0 Å². The second kappa shape index (κ2) is 6.50. The summed E-state index contributed by atoms with van der Waals surface area (Å²) in [7, 11) is 0. The molecular formula is C14H18FNO2. The minimum Gasteiger partial charge on any atom is -0.381 e. The third kappa shape index (κ3) is 3.81. The quantitative estimate of drug-likeness (QED) is 0.887. The van der Waals surface area contributed by atoms with Crippen molar-refractivity contribution in [1.82, 2.24) is 5.32 Å². The van der Waals surface area contributed by atoms with Gasteiger partial charge in [-0.05, 0) is 37.0 Å². The molecule has 2 rings (SSSR count). The van der Waals surface area contributed by atoms with Crippen LogP contribution in [0.4, 0.5) is 4.39 Å². The third-order valence-corrected chi connectivity index (χ3v) is 3.19. The van der Waals surface area contributed by atoms with Crippen molar-refractivity contribution >= 4 is 5.91 Å². The van der Waals surface area contributed by atoms with Crippen molar-refractivity contribution in [3.8, 4) is 0 Å². The minimum atomic E-state index is -0.233. The Hall–Kier alpha value is -1.42. The molecule has 0 aliphatic carbocycles. The van der Waals surface area contributed by atoms with Crippen LogP contribution >= 0.6 is 0 Å². The van der Waals surface area contributed by atoms with Crippen molar-refractivity contribution in [3.05, 3.63) is 35.6 Å². The lowest BCUT2D eigenvalue weighted by atomic mass is 9.99. The zero-order valence-electron chi connectivity index (χ0n) is 10.3. The van der Waals surface area contributed by atoms with Gasteiger partial charge < -0.3 is 10.1 Å². The minimum absolute atomic E-state index is 0.0752. The Morgan fingerprint density at radius 2 is 2.17 bits per heavy atom. The molecule has 3 nitrogen and oxygen atoms in total. The van der Waals surface area contributed by atoms with Gasteiger partial charge in [-0.15, -0.1) is 0 Å². The van der Waals surface area contributed by atoms with Crippen LogP contribution < -0.4 is 5.32 Å². The van der Waals surface area contributed by atoms with Crippen molar-refractivity contribution < 1.29 is 13.9 Å². The Morgan fingerprint density at radius 3 is 2.89 bits per heavy atom. The van der Waals surface area contributed by atoms with E-state index in [4.69, 9.17) is 4.74 Å². The van der Waals surface area contributed by atoms with Crippen LogP contribution in [0.2, 0.25) is 0 Å². The molecule has 0 atom stereocenters. The Morgan fingerprint density at radius 1 is 1.39 bits per heavy atom. The maximum Gasteiger partial charge on any atom is 0.223 e. The SMILES string of the molecule is O=C(NCCc1cccc(F)c1)C1CCOCC1. The predicted molar refractivity (Wildman–Crippen MR) is 66.7 cm³/mol. The molecule has 1 N–H and O–H groups in total. The van der Waals surface area contributed by atoms with Crippen molar-refractivity contribution in [3.63, 3.8) is 0 Å². The molecule has 0 bridgehead atoms. The number of carbonyl (C=O) groups excluding carboxylic acids is 1. The Balaban J connectivity index is 1.73. The zero-order chi connectivity index (χ0) is 12.8. The number of amides is 1. The summed E-state index contributed by atoms with van der Waals surface area (Å²) in [5.74, 6) is -0.0655. The van der Waals surface area contributed by atoms with Gasteiger partial charge >= 0.3 is 0 Å². The molecule has 0 spiro atoms. The molecule has 0 radical (unpaired) electrons. The molecular weight excluding hydrogens is 233 g/mol. The third-order valence-electron chi connectivity index (χ3n) is 3.19. The van der Waals surface area contributed by atoms with E-state index in [1.807, 2.05) is 6.07 Å². The summed E-state index contributed by atoms with van der Waals surface area (Å²) in [6, 6.07) is 6.47. The average Bonchev–Trinajstić information content (AvgIpc) is 2.40. The van der Waals surface area contributed by atoms with Crippen LogP contribution in [0.5, 0.6) is 0 Å². The van der Waals surface area contributed by atoms with Crippen LogP contribution in [0, 0.1) is 11.7 Å². The highest BCUT2D eigenvalue weighted by molar-refractivity contribution is 5.78. The zero-order valence-corrected chi connectivity index (χ0v) is 10.3. The van der Waals surface area contributed by atoms with Crippen molar-refractivity contribution in [2.24, 2.45) is 5.92 Å². The molecule has 1 amide bonds. The van der Waals surface area contributed by atoms with Gasteiger partial charge in [0.15, 0.2) is 0 Å². The first-order valence-electron chi connectivity index (χ1n) is 6.35. The lowest BCUT2D eigenvalue weighted by molar-refractivity contribution is -0.127. The van der Waals surface area contributed by atoms with E-state index in [2.05, 4.69) is 5.32 Å². The maximum atomic E-state index is 12.9. The highest BCUT2D eigenvalue weighted by atomic mass is 19.1. The topological polar surface area (TPSA) is 38.3 Å². The van der Waals surface area contributed by atoms with Crippen molar-refractivity contribution in [2.45, 2.75) is 19.3 Å². The number of hydrogen-bond donors (Lipinski definition) is 1. The summed E-state index contributed by atoms with van der Waals surface area (Å²) in [5.41, 5.74) is 0.905. The first-order chi connectivity index (χ1) is 8.75. The maximum absolute atomic E-state index is 12.9. The summed E-state index contributed by atoms with van der Waals surface area (Å²) in [6.07, 6.45) is 2.25. The average molecular weight is 251 g/mol. The van der Waals surface area contributed by atoms with E-state index in [9.17, 15) is 9.18 Å². The molecule has 1 aromatic rings. The standard InChI is InChI=1S/C14H18FNO2/c15-13-3-1-2-11(10-13)4-7-16-14(17)12-5-8-18-9-6-12/h1-3,10,12H,4-9H2,(H,16,17). The molecule has 0 unspecified atom stereocenters. The Kier molecular flexibility index (Phi) is 4.70. The lowest BCUT2D eigenvalue weighted by Gasteiger charge is -2.21. The molecule has 1 saturated heterocycles. The van der Waals surface area contributed by atoms with Gasteiger partial charge in [0.2, 0.25) is 5.91 Å². The van der Waals surface area contributed by atoms with E-state index in [0.29, 0.717) is 26.2 Å². The van der Waals surface area contributed by atoms with E-state index in [1.165, 1.54) is 12.1 Å². The van der Waals surface area contributed by atoms with Crippen LogP contribution in [-0.2, 0) is 16.0 Å². The van der Waals surface area contributed by atoms with Gasteiger partial charge in [0, 0.05) is 25.7 Å². The van der Waals surface area contributed by atoms with E-state index >= 15 is 0 Å². The van der Waals surface area contributed by atoms with Crippen LogP contribution in [0.25, 0.3) is 0 Å². The Bertz CT molecular complexity index is 403. The Labute approximate surface area is 106 Å². The van der Waals surface area contributed by atoms with Gasteiger partial charge in [0.25, 0.3) is 0 Å². The highest BCUT2D eigenvalue weighted by Crippen LogP contribution is 2.14. The summed E-state index contributed by atoms with van der Waals surface area (Å²) in [6.45, 7) is 1.89. The molecule has 0 saturated carbocycles. The summed E-state index contributed by atoms with van der Waals surface area (Å²) >= 11 is 0. The molecule has 4 heteroatoms. The largest absolute Gasteiger partial charge is 0.381 e. The first-order valence-corrected chi connectivity index (χ1v) is 6.35. The fourth-order valence-electron chi connectivity index (χ4n) is 2.13. The van der Waals surface area contributed by atoms with E-state index in [-0.39, 0.29) is 17.6 Å². The van der Waals surface area contributed by atoms with Crippen molar-refractivity contribution in [1.29, 1.82) is 0 Å². The fraction of sp³-hybridized carbons (Fsp3) is 0.500. The fourth-order valence-corrected chi connectivity index (χ4v) is 2.13. The second-order valence-electron chi connectivity index (χ2n) is 4.56. The monoisotopic (exact) mass is 251 g/mol. The van der Waals surface area contributed by atoms with E-state index in [0.717, 1.165) is 18.4 Å². The molecule has 18 heavy (non-hydrogen) atoms. The van der Waals surface area contributed by atoms with Crippen LogP contribution in [-0.4, -0.2) is 25.7 Å². The highest BCUT2D eigenvalue weighted by Gasteiger charge is 2.20. The number of halogens is 1. The van der Waals surface area contributed by atoms with Crippen LogP contribution in [0.1, 0.15) is 18.4 Å². The molecule has 0 aromatic heterocycles. The summed E-state index contributed by atoms with van der Waals surface area (Å²) in [4.78, 5) is 11.8. The second-order valence-corrected chi connectivity index (χ2v) is 4.56. The predicted octanol–water partition coefficient (Wildman–Crippen LogP) is 1.91.